The van der Waals surface area contributed by atoms with Crippen LogP contribution in [0.5, 0.6) is 0 Å². The van der Waals surface area contributed by atoms with E-state index in [1.165, 1.54) is 6.07 Å². The lowest BCUT2D eigenvalue weighted by Crippen LogP contribution is -2.42. The predicted octanol–water partition coefficient (Wildman–Crippen LogP) is 3.45. The number of carbonyl (C=O) groups is 2. The molecule has 0 spiro atoms. The highest BCUT2D eigenvalue weighted by Gasteiger charge is 2.27. The molecule has 0 atom stereocenters. The molecule has 0 unspecified atom stereocenters. The lowest BCUT2D eigenvalue weighted by molar-refractivity contribution is -0.133. The molecular formula is C18H18F2N2O2S. The number of hydrogen-bond acceptors (Lipinski definition) is 3. The molecule has 1 fully saturated rings. The Morgan fingerprint density at radius 1 is 1.20 bits per heavy atom. The Bertz CT molecular complexity index is 756. The van der Waals surface area contributed by atoms with Crippen LogP contribution in [0.2, 0.25) is 0 Å². The Balaban J connectivity index is 1.51. The van der Waals surface area contributed by atoms with Crippen LogP contribution < -0.4 is 5.32 Å². The fourth-order valence-electron chi connectivity index (χ4n) is 2.89. The summed E-state index contributed by atoms with van der Waals surface area (Å²) in [6, 6.07) is 6.90. The van der Waals surface area contributed by atoms with E-state index in [0.29, 0.717) is 32.4 Å². The van der Waals surface area contributed by atoms with E-state index in [2.05, 4.69) is 5.32 Å². The number of likely N-dealkylation sites (tertiary alicyclic amines) is 1. The van der Waals surface area contributed by atoms with Gasteiger partial charge in [0.15, 0.2) is 0 Å². The monoisotopic (exact) mass is 364 g/mol. The van der Waals surface area contributed by atoms with Gasteiger partial charge in [-0.25, -0.2) is 8.78 Å². The van der Waals surface area contributed by atoms with Gasteiger partial charge in [-0.2, -0.15) is 0 Å². The highest BCUT2D eigenvalue weighted by atomic mass is 32.1. The molecular weight excluding hydrogens is 346 g/mol. The van der Waals surface area contributed by atoms with Crippen molar-refractivity contribution in [2.75, 3.05) is 18.4 Å². The molecule has 7 heteroatoms. The molecule has 1 N–H and O–H groups in total. The summed E-state index contributed by atoms with van der Waals surface area (Å²) in [5.41, 5.74) is -0.0254. The molecule has 1 aliphatic rings. The first-order valence-electron chi connectivity index (χ1n) is 8.09. The van der Waals surface area contributed by atoms with Crippen molar-refractivity contribution in [1.82, 2.24) is 4.90 Å². The first-order valence-corrected chi connectivity index (χ1v) is 8.97. The van der Waals surface area contributed by atoms with Crippen LogP contribution in [0.25, 0.3) is 0 Å². The number of anilines is 1. The third kappa shape index (κ3) is 4.42. The van der Waals surface area contributed by atoms with E-state index >= 15 is 0 Å². The molecule has 0 bridgehead atoms. The number of rotatable bonds is 4. The highest BCUT2D eigenvalue weighted by Crippen LogP contribution is 2.22. The summed E-state index contributed by atoms with van der Waals surface area (Å²) in [6.45, 7) is 1.02. The van der Waals surface area contributed by atoms with Gasteiger partial charge in [0.2, 0.25) is 11.8 Å². The second kappa shape index (κ2) is 7.74. The van der Waals surface area contributed by atoms with Gasteiger partial charge < -0.3 is 10.2 Å². The fraction of sp³-hybridized carbons (Fsp3) is 0.333. The zero-order chi connectivity index (χ0) is 17.8. The molecule has 1 aliphatic heterocycles. The molecule has 1 aromatic carbocycles. The Kier molecular flexibility index (Phi) is 5.43. The Labute approximate surface area is 148 Å². The predicted molar refractivity (Wildman–Crippen MR) is 92.3 cm³/mol. The number of carbonyl (C=O) groups excluding carboxylic acids is 2. The van der Waals surface area contributed by atoms with Crippen molar-refractivity contribution in [2.45, 2.75) is 19.3 Å². The van der Waals surface area contributed by atoms with Crippen LogP contribution in [0.15, 0.2) is 35.7 Å². The molecule has 132 valence electrons. The van der Waals surface area contributed by atoms with Crippen LogP contribution in [-0.4, -0.2) is 29.8 Å². The Hall–Kier alpha value is -2.28. The number of halogens is 2. The zero-order valence-corrected chi connectivity index (χ0v) is 14.3. The third-order valence-corrected chi connectivity index (χ3v) is 5.19. The molecule has 4 nitrogen and oxygen atoms in total. The van der Waals surface area contributed by atoms with Crippen molar-refractivity contribution < 1.29 is 18.4 Å². The minimum atomic E-state index is -0.795. The molecule has 2 amide bonds. The van der Waals surface area contributed by atoms with Gasteiger partial charge in [0.25, 0.3) is 0 Å². The van der Waals surface area contributed by atoms with E-state index in [4.69, 9.17) is 0 Å². The summed E-state index contributed by atoms with van der Waals surface area (Å²) >= 11 is 1.55. The van der Waals surface area contributed by atoms with E-state index in [0.717, 1.165) is 17.0 Å². The van der Waals surface area contributed by atoms with Gasteiger partial charge in [0.1, 0.15) is 11.6 Å². The van der Waals surface area contributed by atoms with Crippen LogP contribution in [0.4, 0.5) is 14.5 Å². The first-order chi connectivity index (χ1) is 12.0. The van der Waals surface area contributed by atoms with Gasteiger partial charge in [-0.3, -0.25) is 9.59 Å². The quantitative estimate of drug-likeness (QED) is 0.903. The number of hydrogen-bond donors (Lipinski definition) is 1. The molecule has 25 heavy (non-hydrogen) atoms. The van der Waals surface area contributed by atoms with Crippen LogP contribution in [0.1, 0.15) is 17.7 Å². The standard InChI is InChI=1S/C18H18F2N2O2S/c19-13-3-4-16(15(20)10-13)21-18(24)12-5-7-22(8-6-12)17(23)11-14-2-1-9-25-14/h1-4,9-10,12H,5-8,11H2,(H,21,24). The second-order valence-electron chi connectivity index (χ2n) is 6.02. The summed E-state index contributed by atoms with van der Waals surface area (Å²) in [4.78, 5) is 27.3. The van der Waals surface area contributed by atoms with Crippen molar-refractivity contribution >= 4 is 28.8 Å². The number of nitrogens with zero attached hydrogens (tertiary/aromatic N) is 1. The van der Waals surface area contributed by atoms with Crippen LogP contribution in [-0.2, 0) is 16.0 Å². The van der Waals surface area contributed by atoms with Crippen molar-refractivity contribution in [2.24, 2.45) is 5.92 Å². The maximum atomic E-state index is 13.6. The normalized spacial score (nSPS) is 15.2. The van der Waals surface area contributed by atoms with Gasteiger partial charge in [-0.1, -0.05) is 6.07 Å². The molecule has 0 aliphatic carbocycles. The fourth-order valence-corrected chi connectivity index (χ4v) is 3.59. The van der Waals surface area contributed by atoms with E-state index in [-0.39, 0.29) is 23.4 Å². The summed E-state index contributed by atoms with van der Waals surface area (Å²) < 4.78 is 26.5. The maximum absolute atomic E-state index is 13.6. The van der Waals surface area contributed by atoms with Crippen molar-refractivity contribution in [3.05, 3.63) is 52.2 Å². The lowest BCUT2D eigenvalue weighted by Gasteiger charge is -2.31. The average molecular weight is 364 g/mol. The minimum absolute atomic E-state index is 0.0254. The van der Waals surface area contributed by atoms with E-state index in [1.54, 1.807) is 16.2 Å². The number of nitrogens with one attached hydrogen (secondary N) is 1. The molecule has 3 rings (SSSR count). The number of benzene rings is 1. The maximum Gasteiger partial charge on any atom is 0.227 e. The highest BCUT2D eigenvalue weighted by molar-refractivity contribution is 7.10. The van der Waals surface area contributed by atoms with Gasteiger partial charge in [-0.15, -0.1) is 11.3 Å². The van der Waals surface area contributed by atoms with Crippen molar-refractivity contribution in [3.8, 4) is 0 Å². The van der Waals surface area contributed by atoms with Crippen LogP contribution >= 0.6 is 11.3 Å². The number of amides is 2. The van der Waals surface area contributed by atoms with E-state index < -0.39 is 11.6 Å². The Morgan fingerprint density at radius 2 is 1.96 bits per heavy atom. The van der Waals surface area contributed by atoms with Crippen LogP contribution in [0, 0.1) is 17.6 Å². The summed E-state index contributed by atoms with van der Waals surface area (Å²) in [7, 11) is 0. The first kappa shape index (κ1) is 17.5. The van der Waals surface area contributed by atoms with Gasteiger partial charge >= 0.3 is 0 Å². The average Bonchev–Trinajstić information content (AvgIpc) is 3.10. The molecule has 2 aromatic rings. The second-order valence-corrected chi connectivity index (χ2v) is 7.06. The number of thiophene rings is 1. The molecule has 1 saturated heterocycles. The minimum Gasteiger partial charge on any atom is -0.342 e. The van der Waals surface area contributed by atoms with Crippen molar-refractivity contribution in [1.29, 1.82) is 0 Å². The van der Waals surface area contributed by atoms with E-state index in [9.17, 15) is 18.4 Å². The number of piperidine rings is 1. The van der Waals surface area contributed by atoms with Gasteiger partial charge in [0.05, 0.1) is 12.1 Å². The SMILES string of the molecule is O=C(Nc1ccc(F)cc1F)C1CCN(C(=O)Cc2cccs2)CC1. The summed E-state index contributed by atoms with van der Waals surface area (Å²) in [6.07, 6.45) is 1.45. The van der Waals surface area contributed by atoms with Gasteiger partial charge in [0, 0.05) is 30.0 Å². The van der Waals surface area contributed by atoms with Crippen molar-refractivity contribution in [3.63, 3.8) is 0 Å². The molecule has 1 aromatic heterocycles. The Morgan fingerprint density at radius 3 is 2.60 bits per heavy atom. The topological polar surface area (TPSA) is 49.4 Å². The molecule has 0 radical (unpaired) electrons. The zero-order valence-electron chi connectivity index (χ0n) is 13.5. The molecule has 2 heterocycles. The smallest absolute Gasteiger partial charge is 0.227 e. The third-order valence-electron chi connectivity index (χ3n) is 4.31. The van der Waals surface area contributed by atoms with Crippen LogP contribution in [0.3, 0.4) is 0 Å². The van der Waals surface area contributed by atoms with Gasteiger partial charge in [-0.05, 0) is 36.4 Å². The summed E-state index contributed by atoms with van der Waals surface area (Å²) in [5.74, 6) is -2.00. The molecule has 0 saturated carbocycles. The lowest BCUT2D eigenvalue weighted by atomic mass is 9.95. The largest absolute Gasteiger partial charge is 0.342 e. The summed E-state index contributed by atoms with van der Waals surface area (Å²) in [5, 5.41) is 4.44. The van der Waals surface area contributed by atoms with E-state index in [1.807, 2.05) is 17.5 Å².